The topological polar surface area (TPSA) is 50.4 Å². The van der Waals surface area contributed by atoms with Gasteiger partial charge in [-0.15, -0.1) is 12.4 Å². The lowest BCUT2D eigenvalue weighted by molar-refractivity contribution is -0.116. The molecule has 2 rings (SSSR count). The van der Waals surface area contributed by atoms with E-state index in [2.05, 4.69) is 10.6 Å². The first-order valence-corrected chi connectivity index (χ1v) is 7.51. The van der Waals surface area contributed by atoms with Crippen LogP contribution in [0.1, 0.15) is 33.1 Å². The van der Waals surface area contributed by atoms with Gasteiger partial charge in [0.2, 0.25) is 5.91 Å². The molecule has 1 aliphatic heterocycles. The Morgan fingerprint density at radius 2 is 2.27 bits per heavy atom. The first-order chi connectivity index (χ1) is 10.0. The maximum atomic E-state index is 13.9. The average molecular weight is 331 g/mol. The molecular formula is C16H24ClFN2O2. The van der Waals surface area contributed by atoms with E-state index < -0.39 is 5.82 Å². The molecule has 1 atom stereocenters. The monoisotopic (exact) mass is 330 g/mol. The summed E-state index contributed by atoms with van der Waals surface area (Å²) in [5.74, 6) is 0.419. The minimum absolute atomic E-state index is 0. The Morgan fingerprint density at radius 1 is 1.50 bits per heavy atom. The molecule has 0 radical (unpaired) electrons. The van der Waals surface area contributed by atoms with Crippen LogP contribution in [-0.4, -0.2) is 25.1 Å². The quantitative estimate of drug-likeness (QED) is 0.841. The molecule has 1 heterocycles. The second kappa shape index (κ2) is 8.96. The van der Waals surface area contributed by atoms with Crippen LogP contribution in [-0.2, 0) is 4.79 Å². The van der Waals surface area contributed by atoms with Gasteiger partial charge in [0.05, 0.1) is 11.8 Å². The molecule has 1 aromatic carbocycles. The number of amides is 1. The molecular weight excluding hydrogens is 307 g/mol. The Balaban J connectivity index is 0.00000242. The molecule has 1 aliphatic rings. The number of anilines is 1. The average Bonchev–Trinajstić information content (AvgIpc) is 2.92. The second-order valence-electron chi connectivity index (χ2n) is 5.75. The van der Waals surface area contributed by atoms with Crippen molar-refractivity contribution in [1.82, 2.24) is 5.32 Å². The third-order valence-corrected chi connectivity index (χ3v) is 3.53. The summed E-state index contributed by atoms with van der Waals surface area (Å²) in [4.78, 5) is 11.9. The van der Waals surface area contributed by atoms with Crippen molar-refractivity contribution in [3.63, 3.8) is 0 Å². The lowest BCUT2D eigenvalue weighted by Crippen LogP contribution is -2.15. The summed E-state index contributed by atoms with van der Waals surface area (Å²) in [6.45, 7) is 5.76. The summed E-state index contributed by atoms with van der Waals surface area (Å²) in [6, 6.07) is 4.51. The first-order valence-electron chi connectivity index (χ1n) is 7.51. The lowest BCUT2D eigenvalue weighted by Gasteiger charge is -2.12. The Hall–Kier alpha value is -1.33. The van der Waals surface area contributed by atoms with Crippen LogP contribution in [0.5, 0.6) is 5.75 Å². The second-order valence-corrected chi connectivity index (χ2v) is 5.75. The molecule has 0 aliphatic carbocycles. The van der Waals surface area contributed by atoms with Gasteiger partial charge in [0.1, 0.15) is 11.6 Å². The standard InChI is InChI=1S/C16H23FN2O2.ClH/c1-11(2)21-13-4-5-15(14(17)9-13)19-16(20)6-3-12-7-8-18-10-12;/h4-5,9,11-12,18H,3,6-8,10H2,1-2H3,(H,19,20);1H. The Labute approximate surface area is 137 Å². The van der Waals surface area contributed by atoms with Crippen molar-refractivity contribution in [3.8, 4) is 5.75 Å². The number of carbonyl (C=O) groups excluding carboxylic acids is 1. The minimum atomic E-state index is -0.468. The van der Waals surface area contributed by atoms with Crippen LogP contribution >= 0.6 is 12.4 Å². The summed E-state index contributed by atoms with van der Waals surface area (Å²) < 4.78 is 19.3. The van der Waals surface area contributed by atoms with Crippen molar-refractivity contribution >= 4 is 24.0 Å². The van der Waals surface area contributed by atoms with Gasteiger partial charge in [-0.2, -0.15) is 0 Å². The fraction of sp³-hybridized carbons (Fsp3) is 0.562. The molecule has 124 valence electrons. The van der Waals surface area contributed by atoms with Gasteiger partial charge >= 0.3 is 0 Å². The van der Waals surface area contributed by atoms with E-state index >= 15 is 0 Å². The minimum Gasteiger partial charge on any atom is -0.491 e. The summed E-state index contributed by atoms with van der Waals surface area (Å²) in [6.07, 6.45) is 2.37. The number of benzene rings is 1. The van der Waals surface area contributed by atoms with Crippen LogP contribution in [0.2, 0.25) is 0 Å². The zero-order chi connectivity index (χ0) is 15.2. The van der Waals surface area contributed by atoms with Gasteiger partial charge in [-0.05, 0) is 57.8 Å². The molecule has 4 nitrogen and oxygen atoms in total. The zero-order valence-electron chi connectivity index (χ0n) is 13.0. The molecule has 1 aromatic rings. The largest absolute Gasteiger partial charge is 0.491 e. The third kappa shape index (κ3) is 5.81. The molecule has 1 saturated heterocycles. The van der Waals surface area contributed by atoms with E-state index in [9.17, 15) is 9.18 Å². The summed E-state index contributed by atoms with van der Waals surface area (Å²) in [5.41, 5.74) is 0.209. The van der Waals surface area contributed by atoms with E-state index in [0.717, 1.165) is 25.9 Å². The number of rotatable bonds is 6. The number of ether oxygens (including phenoxy) is 1. The van der Waals surface area contributed by atoms with Crippen LogP contribution in [0.15, 0.2) is 18.2 Å². The smallest absolute Gasteiger partial charge is 0.224 e. The van der Waals surface area contributed by atoms with Gasteiger partial charge in [0, 0.05) is 12.5 Å². The van der Waals surface area contributed by atoms with Crippen molar-refractivity contribution in [2.75, 3.05) is 18.4 Å². The molecule has 1 fully saturated rings. The highest BCUT2D eigenvalue weighted by Gasteiger charge is 2.16. The number of hydrogen-bond donors (Lipinski definition) is 2. The molecule has 1 unspecified atom stereocenters. The van der Waals surface area contributed by atoms with E-state index in [-0.39, 0.29) is 30.1 Å². The summed E-state index contributed by atoms with van der Waals surface area (Å²) in [5, 5.41) is 5.90. The maximum absolute atomic E-state index is 13.9. The van der Waals surface area contributed by atoms with E-state index in [1.807, 2.05) is 13.8 Å². The first kappa shape index (κ1) is 18.7. The number of halogens is 2. The van der Waals surface area contributed by atoms with Crippen LogP contribution < -0.4 is 15.4 Å². The van der Waals surface area contributed by atoms with Crippen molar-refractivity contribution in [1.29, 1.82) is 0 Å². The van der Waals surface area contributed by atoms with Crippen molar-refractivity contribution in [2.45, 2.75) is 39.2 Å². The highest BCUT2D eigenvalue weighted by atomic mass is 35.5. The van der Waals surface area contributed by atoms with Crippen LogP contribution in [0.3, 0.4) is 0 Å². The van der Waals surface area contributed by atoms with Crippen molar-refractivity contribution in [2.24, 2.45) is 5.92 Å². The Bertz CT molecular complexity index is 491. The molecule has 1 amide bonds. The van der Waals surface area contributed by atoms with Crippen molar-refractivity contribution < 1.29 is 13.9 Å². The highest BCUT2D eigenvalue weighted by Crippen LogP contribution is 2.22. The van der Waals surface area contributed by atoms with Crippen molar-refractivity contribution in [3.05, 3.63) is 24.0 Å². The number of carbonyl (C=O) groups is 1. The molecule has 0 aromatic heterocycles. The maximum Gasteiger partial charge on any atom is 0.224 e. The van der Waals surface area contributed by atoms with E-state index in [4.69, 9.17) is 4.74 Å². The van der Waals surface area contributed by atoms with Gasteiger partial charge < -0.3 is 15.4 Å². The molecule has 0 bridgehead atoms. The summed E-state index contributed by atoms with van der Waals surface area (Å²) >= 11 is 0. The van der Waals surface area contributed by atoms with Crippen LogP contribution in [0.25, 0.3) is 0 Å². The molecule has 0 saturated carbocycles. The molecule has 22 heavy (non-hydrogen) atoms. The third-order valence-electron chi connectivity index (χ3n) is 3.53. The fourth-order valence-electron chi connectivity index (χ4n) is 2.45. The van der Waals surface area contributed by atoms with Gasteiger partial charge in [0.25, 0.3) is 0 Å². The lowest BCUT2D eigenvalue weighted by atomic mass is 10.0. The van der Waals surface area contributed by atoms with E-state index in [1.165, 1.54) is 6.07 Å². The van der Waals surface area contributed by atoms with E-state index in [0.29, 0.717) is 18.1 Å². The fourth-order valence-corrected chi connectivity index (χ4v) is 2.45. The van der Waals surface area contributed by atoms with Gasteiger partial charge in [-0.3, -0.25) is 4.79 Å². The predicted octanol–water partition coefficient (Wildman–Crippen LogP) is 3.36. The van der Waals surface area contributed by atoms with Crippen LogP contribution in [0, 0.1) is 11.7 Å². The normalized spacial score (nSPS) is 17.2. The van der Waals surface area contributed by atoms with Gasteiger partial charge in [-0.25, -0.2) is 4.39 Å². The zero-order valence-corrected chi connectivity index (χ0v) is 13.8. The molecule has 0 spiro atoms. The Morgan fingerprint density at radius 3 is 2.86 bits per heavy atom. The van der Waals surface area contributed by atoms with Gasteiger partial charge in [-0.1, -0.05) is 0 Å². The predicted molar refractivity (Wildman–Crippen MR) is 88.3 cm³/mol. The molecule has 2 N–H and O–H groups in total. The van der Waals surface area contributed by atoms with E-state index in [1.54, 1.807) is 12.1 Å². The number of hydrogen-bond acceptors (Lipinski definition) is 3. The summed E-state index contributed by atoms with van der Waals surface area (Å²) in [7, 11) is 0. The van der Waals surface area contributed by atoms with Gasteiger partial charge in [0.15, 0.2) is 0 Å². The highest BCUT2D eigenvalue weighted by molar-refractivity contribution is 5.90. The SMILES string of the molecule is CC(C)Oc1ccc(NC(=O)CCC2CCNC2)c(F)c1.Cl. The Kier molecular flexibility index (Phi) is 7.62. The number of nitrogens with one attached hydrogen (secondary N) is 2. The molecule has 6 heteroatoms. The van der Waals surface area contributed by atoms with Crippen LogP contribution in [0.4, 0.5) is 10.1 Å².